The highest BCUT2D eigenvalue weighted by Crippen LogP contribution is 2.22. The van der Waals surface area contributed by atoms with Gasteiger partial charge in [-0.25, -0.2) is 9.78 Å². The molecule has 2 atom stereocenters. The topological polar surface area (TPSA) is 79.3 Å². The van der Waals surface area contributed by atoms with Gasteiger partial charge in [-0.05, 0) is 32.4 Å². The monoisotopic (exact) mass is 282 g/mol. The Kier molecular flexibility index (Phi) is 5.82. The van der Waals surface area contributed by atoms with Crippen LogP contribution in [-0.4, -0.2) is 33.3 Å². The summed E-state index contributed by atoms with van der Waals surface area (Å²) in [6.07, 6.45) is 2.31. The molecule has 2 unspecified atom stereocenters. The van der Waals surface area contributed by atoms with Gasteiger partial charge < -0.3 is 10.4 Å². The lowest BCUT2D eigenvalue weighted by Gasteiger charge is -2.15. The van der Waals surface area contributed by atoms with E-state index < -0.39 is 5.97 Å². The molecule has 104 valence electrons. The lowest BCUT2D eigenvalue weighted by Crippen LogP contribution is -2.37. The van der Waals surface area contributed by atoms with Crippen molar-refractivity contribution in [2.24, 2.45) is 0 Å². The molecule has 5 nitrogen and oxygen atoms in total. The fourth-order valence-corrected chi connectivity index (χ4v) is 2.16. The molecular formula is C13H18N2O3S. The van der Waals surface area contributed by atoms with Gasteiger partial charge in [0.1, 0.15) is 0 Å². The molecule has 0 aliphatic heterocycles. The van der Waals surface area contributed by atoms with Gasteiger partial charge in [0.15, 0.2) is 0 Å². The van der Waals surface area contributed by atoms with Crippen molar-refractivity contribution in [2.45, 2.75) is 43.5 Å². The number of rotatable bonds is 6. The van der Waals surface area contributed by atoms with Crippen LogP contribution >= 0.6 is 11.8 Å². The Balaban J connectivity index is 2.66. The third-order valence-corrected chi connectivity index (χ3v) is 3.68. The number of hydrogen-bond donors (Lipinski definition) is 2. The minimum absolute atomic E-state index is 0.0677. The van der Waals surface area contributed by atoms with Crippen molar-refractivity contribution < 1.29 is 14.7 Å². The molecule has 0 spiro atoms. The molecule has 1 rings (SSSR count). The van der Waals surface area contributed by atoms with Crippen LogP contribution in [0.5, 0.6) is 0 Å². The van der Waals surface area contributed by atoms with Gasteiger partial charge in [-0.2, -0.15) is 0 Å². The molecule has 0 aliphatic carbocycles. The maximum atomic E-state index is 11.9. The molecule has 0 radical (unpaired) electrons. The number of amides is 1. The average Bonchev–Trinajstić information content (AvgIpc) is 2.38. The van der Waals surface area contributed by atoms with Crippen LogP contribution in [0.2, 0.25) is 0 Å². The zero-order chi connectivity index (χ0) is 14.4. The highest BCUT2D eigenvalue weighted by Gasteiger charge is 2.17. The Morgan fingerprint density at radius 2 is 2.16 bits per heavy atom. The molecule has 19 heavy (non-hydrogen) atoms. The lowest BCUT2D eigenvalue weighted by molar-refractivity contribution is -0.120. The largest absolute Gasteiger partial charge is 0.478 e. The van der Waals surface area contributed by atoms with E-state index in [2.05, 4.69) is 10.3 Å². The first-order valence-electron chi connectivity index (χ1n) is 6.10. The van der Waals surface area contributed by atoms with Crippen molar-refractivity contribution in [3.63, 3.8) is 0 Å². The van der Waals surface area contributed by atoms with E-state index in [-0.39, 0.29) is 22.8 Å². The number of carboxylic acids is 1. The van der Waals surface area contributed by atoms with Gasteiger partial charge in [0, 0.05) is 12.2 Å². The molecule has 6 heteroatoms. The van der Waals surface area contributed by atoms with Crippen molar-refractivity contribution in [3.8, 4) is 0 Å². The quantitative estimate of drug-likeness (QED) is 0.782. The van der Waals surface area contributed by atoms with Crippen LogP contribution in [-0.2, 0) is 4.79 Å². The predicted octanol–water partition coefficient (Wildman–Crippen LogP) is 2.18. The van der Waals surface area contributed by atoms with E-state index in [9.17, 15) is 9.59 Å². The van der Waals surface area contributed by atoms with Crippen LogP contribution in [0.4, 0.5) is 0 Å². The fraction of sp³-hybridized carbons (Fsp3) is 0.462. The van der Waals surface area contributed by atoms with E-state index in [0.29, 0.717) is 5.03 Å². The molecule has 1 amide bonds. The molecule has 0 aliphatic rings. The first kappa shape index (κ1) is 15.5. The fourth-order valence-electron chi connectivity index (χ4n) is 1.30. The van der Waals surface area contributed by atoms with Crippen molar-refractivity contribution in [1.82, 2.24) is 10.3 Å². The SMILES string of the molecule is CCC(C)NC(=O)C(C)Sc1cc(C(=O)O)ccn1. The Morgan fingerprint density at radius 1 is 1.47 bits per heavy atom. The second kappa shape index (κ2) is 7.13. The summed E-state index contributed by atoms with van der Waals surface area (Å²) in [5, 5.41) is 12.0. The number of aromatic carboxylic acids is 1. The van der Waals surface area contributed by atoms with Gasteiger partial charge >= 0.3 is 5.97 Å². The summed E-state index contributed by atoms with van der Waals surface area (Å²) in [5.41, 5.74) is 0.173. The van der Waals surface area contributed by atoms with Crippen molar-refractivity contribution in [3.05, 3.63) is 23.9 Å². The van der Waals surface area contributed by atoms with Gasteiger partial charge in [-0.3, -0.25) is 4.79 Å². The average molecular weight is 282 g/mol. The van der Waals surface area contributed by atoms with Gasteiger partial charge in [-0.15, -0.1) is 0 Å². The summed E-state index contributed by atoms with van der Waals surface area (Å²) in [6, 6.07) is 3.03. The van der Waals surface area contributed by atoms with Crippen molar-refractivity contribution in [1.29, 1.82) is 0 Å². The van der Waals surface area contributed by atoms with Crippen LogP contribution in [0.3, 0.4) is 0 Å². The van der Waals surface area contributed by atoms with E-state index >= 15 is 0 Å². The predicted molar refractivity (Wildman–Crippen MR) is 74.4 cm³/mol. The van der Waals surface area contributed by atoms with E-state index in [1.54, 1.807) is 6.92 Å². The number of pyridine rings is 1. The summed E-state index contributed by atoms with van der Waals surface area (Å²) < 4.78 is 0. The van der Waals surface area contributed by atoms with Crippen LogP contribution < -0.4 is 5.32 Å². The molecular weight excluding hydrogens is 264 g/mol. The molecule has 1 heterocycles. The summed E-state index contributed by atoms with van der Waals surface area (Å²) in [7, 11) is 0. The number of thioether (sulfide) groups is 1. The van der Waals surface area contributed by atoms with E-state index in [1.807, 2.05) is 13.8 Å². The summed E-state index contributed by atoms with van der Waals surface area (Å²) in [6.45, 7) is 5.72. The Hall–Kier alpha value is -1.56. The standard InChI is InChI=1S/C13H18N2O3S/c1-4-8(2)15-12(16)9(3)19-11-7-10(13(17)18)5-6-14-11/h5-9H,4H2,1-3H3,(H,15,16)(H,17,18). The normalized spacial score (nSPS) is 13.6. The minimum Gasteiger partial charge on any atom is -0.478 e. The van der Waals surface area contributed by atoms with Gasteiger partial charge in [0.05, 0.1) is 15.8 Å². The summed E-state index contributed by atoms with van der Waals surface area (Å²) in [5.74, 6) is -1.07. The number of carbonyl (C=O) groups excluding carboxylic acids is 1. The minimum atomic E-state index is -0.999. The Bertz CT molecular complexity index is 465. The number of hydrogen-bond acceptors (Lipinski definition) is 4. The van der Waals surface area contributed by atoms with Crippen molar-refractivity contribution >= 4 is 23.6 Å². The molecule has 0 bridgehead atoms. The first-order chi connectivity index (χ1) is 8.93. The van der Waals surface area contributed by atoms with Crippen LogP contribution in [0.25, 0.3) is 0 Å². The van der Waals surface area contributed by atoms with Gasteiger partial charge in [0.25, 0.3) is 0 Å². The lowest BCUT2D eigenvalue weighted by atomic mass is 10.2. The number of carboxylic acid groups (broad SMARTS) is 1. The molecule has 1 aromatic rings. The van der Waals surface area contributed by atoms with Crippen LogP contribution in [0.1, 0.15) is 37.6 Å². The smallest absolute Gasteiger partial charge is 0.335 e. The Morgan fingerprint density at radius 3 is 2.74 bits per heavy atom. The second-order valence-electron chi connectivity index (χ2n) is 4.27. The maximum Gasteiger partial charge on any atom is 0.335 e. The summed E-state index contributed by atoms with van der Waals surface area (Å²) in [4.78, 5) is 26.8. The molecule has 0 aromatic carbocycles. The van der Waals surface area contributed by atoms with Crippen LogP contribution in [0.15, 0.2) is 23.4 Å². The molecule has 2 N–H and O–H groups in total. The molecule has 1 aromatic heterocycles. The molecule has 0 fully saturated rings. The third-order valence-electron chi connectivity index (χ3n) is 2.65. The van der Waals surface area contributed by atoms with Gasteiger partial charge in [-0.1, -0.05) is 18.7 Å². The second-order valence-corrected chi connectivity index (χ2v) is 5.63. The zero-order valence-electron chi connectivity index (χ0n) is 11.2. The Labute approximate surface area is 116 Å². The van der Waals surface area contributed by atoms with Crippen molar-refractivity contribution in [2.75, 3.05) is 0 Å². The van der Waals surface area contributed by atoms with Gasteiger partial charge in [0.2, 0.25) is 5.91 Å². The molecule has 0 saturated carbocycles. The number of nitrogens with one attached hydrogen (secondary N) is 1. The molecule has 0 saturated heterocycles. The van der Waals surface area contributed by atoms with E-state index in [0.717, 1.165) is 6.42 Å². The third kappa shape index (κ3) is 4.90. The van der Waals surface area contributed by atoms with Crippen LogP contribution in [0, 0.1) is 0 Å². The first-order valence-corrected chi connectivity index (χ1v) is 6.98. The highest BCUT2D eigenvalue weighted by molar-refractivity contribution is 8.00. The maximum absolute atomic E-state index is 11.9. The number of nitrogens with zero attached hydrogens (tertiary/aromatic N) is 1. The van der Waals surface area contributed by atoms with E-state index in [4.69, 9.17) is 5.11 Å². The number of aromatic nitrogens is 1. The zero-order valence-corrected chi connectivity index (χ0v) is 12.0. The summed E-state index contributed by atoms with van der Waals surface area (Å²) >= 11 is 1.25. The van der Waals surface area contributed by atoms with E-state index in [1.165, 1.54) is 30.1 Å². The highest BCUT2D eigenvalue weighted by atomic mass is 32.2. The number of carbonyl (C=O) groups is 2.